The van der Waals surface area contributed by atoms with Crippen LogP contribution in [0, 0.1) is 6.92 Å². The molecule has 0 aliphatic carbocycles. The number of benzene rings is 1. The third kappa shape index (κ3) is 3.69. The fraction of sp³-hybridized carbons (Fsp3) is 0.474. The Hall–Kier alpha value is -2.34. The molecule has 1 amide bonds. The third-order valence-electron chi connectivity index (χ3n) is 4.70. The van der Waals surface area contributed by atoms with Crippen LogP contribution in [0.15, 0.2) is 30.5 Å². The summed E-state index contributed by atoms with van der Waals surface area (Å²) in [7, 11) is 1.70. The zero-order valence-electron chi connectivity index (χ0n) is 15.1. The summed E-state index contributed by atoms with van der Waals surface area (Å²) in [6, 6.07) is 7.67. The van der Waals surface area contributed by atoms with Crippen molar-refractivity contribution in [3.05, 3.63) is 47.5 Å². The Morgan fingerprint density at radius 3 is 2.88 bits per heavy atom. The number of ether oxygens (including phenoxy) is 2. The van der Waals surface area contributed by atoms with Crippen LogP contribution in [0.25, 0.3) is 0 Å². The molecule has 2 aromatic rings. The molecular formula is C19H25N3O3. The van der Waals surface area contributed by atoms with Gasteiger partial charge < -0.3 is 18.9 Å². The molecule has 0 unspecified atom stereocenters. The summed E-state index contributed by atoms with van der Waals surface area (Å²) in [5.41, 5.74) is 2.19. The molecule has 0 spiro atoms. The number of hydrogen-bond donors (Lipinski definition) is 0. The zero-order chi connectivity index (χ0) is 17.8. The van der Waals surface area contributed by atoms with Crippen molar-refractivity contribution in [3.8, 4) is 5.75 Å². The van der Waals surface area contributed by atoms with Crippen LogP contribution in [0.4, 0.5) is 0 Å². The van der Waals surface area contributed by atoms with Crippen molar-refractivity contribution >= 4 is 5.91 Å². The molecule has 0 fully saturated rings. The Morgan fingerprint density at radius 2 is 2.12 bits per heavy atom. The quantitative estimate of drug-likeness (QED) is 0.808. The van der Waals surface area contributed by atoms with Crippen molar-refractivity contribution < 1.29 is 14.3 Å². The summed E-state index contributed by atoms with van der Waals surface area (Å²) < 4.78 is 13.1. The molecule has 1 atom stereocenters. The number of fused-ring (bicyclic) bond motifs is 1. The monoisotopic (exact) mass is 343 g/mol. The largest absolute Gasteiger partial charge is 0.484 e. The Kier molecular flexibility index (Phi) is 5.38. The van der Waals surface area contributed by atoms with Gasteiger partial charge in [-0.05, 0) is 25.5 Å². The number of carbonyl (C=O) groups is 1. The van der Waals surface area contributed by atoms with Gasteiger partial charge in [-0.15, -0.1) is 0 Å². The fourth-order valence-electron chi connectivity index (χ4n) is 3.25. The predicted octanol–water partition coefficient (Wildman–Crippen LogP) is 2.36. The van der Waals surface area contributed by atoms with E-state index in [1.807, 2.05) is 49.2 Å². The number of nitrogens with zero attached hydrogens (tertiary/aromatic N) is 3. The lowest BCUT2D eigenvalue weighted by atomic mass is 10.2. The van der Waals surface area contributed by atoms with E-state index in [0.29, 0.717) is 13.2 Å². The predicted molar refractivity (Wildman–Crippen MR) is 94.6 cm³/mol. The van der Waals surface area contributed by atoms with E-state index in [-0.39, 0.29) is 18.6 Å². The first-order valence-corrected chi connectivity index (χ1v) is 8.63. The van der Waals surface area contributed by atoms with Crippen LogP contribution in [0.5, 0.6) is 5.75 Å². The molecule has 0 saturated heterocycles. The number of para-hydroxylation sites is 1. The number of aromatic nitrogens is 2. The fourth-order valence-corrected chi connectivity index (χ4v) is 3.25. The van der Waals surface area contributed by atoms with Gasteiger partial charge in [0.25, 0.3) is 5.91 Å². The molecule has 0 bridgehead atoms. The van der Waals surface area contributed by atoms with Crippen molar-refractivity contribution in [2.45, 2.75) is 32.9 Å². The molecule has 0 saturated carbocycles. The molecule has 3 rings (SSSR count). The maximum Gasteiger partial charge on any atom is 0.261 e. The van der Waals surface area contributed by atoms with Gasteiger partial charge in [-0.2, -0.15) is 0 Å². The molecule has 6 heteroatoms. The van der Waals surface area contributed by atoms with E-state index in [2.05, 4.69) is 9.55 Å². The van der Waals surface area contributed by atoms with Crippen LogP contribution < -0.4 is 4.74 Å². The van der Waals surface area contributed by atoms with Gasteiger partial charge in [0.15, 0.2) is 6.61 Å². The summed E-state index contributed by atoms with van der Waals surface area (Å²) in [5, 5.41) is 0. The first-order chi connectivity index (χ1) is 12.1. The molecule has 134 valence electrons. The van der Waals surface area contributed by atoms with Crippen LogP contribution in [0.2, 0.25) is 0 Å². The minimum Gasteiger partial charge on any atom is -0.484 e. The second kappa shape index (κ2) is 7.70. The van der Waals surface area contributed by atoms with Gasteiger partial charge in [0, 0.05) is 38.5 Å². The Labute approximate surface area is 148 Å². The van der Waals surface area contributed by atoms with Gasteiger partial charge in [-0.3, -0.25) is 4.79 Å². The Bertz CT molecular complexity index is 741. The average molecular weight is 343 g/mol. The molecule has 2 heterocycles. The van der Waals surface area contributed by atoms with E-state index < -0.39 is 0 Å². The molecule has 1 aliphatic heterocycles. The van der Waals surface area contributed by atoms with Crippen LogP contribution in [-0.4, -0.2) is 47.2 Å². The molecule has 0 radical (unpaired) electrons. The molecule has 6 nitrogen and oxygen atoms in total. The van der Waals surface area contributed by atoms with Crippen molar-refractivity contribution in [3.63, 3.8) is 0 Å². The van der Waals surface area contributed by atoms with Crippen molar-refractivity contribution in [2.75, 3.05) is 26.9 Å². The minimum absolute atomic E-state index is 0.0107. The average Bonchev–Trinajstić information content (AvgIpc) is 3.03. The van der Waals surface area contributed by atoms with Gasteiger partial charge >= 0.3 is 0 Å². The second-order valence-corrected chi connectivity index (χ2v) is 6.32. The summed E-state index contributed by atoms with van der Waals surface area (Å²) >= 11 is 0. The number of aryl methyl sites for hydroxylation is 1. The first-order valence-electron chi connectivity index (χ1n) is 8.63. The van der Waals surface area contributed by atoms with Crippen molar-refractivity contribution in [1.82, 2.24) is 14.5 Å². The smallest absolute Gasteiger partial charge is 0.261 e. The molecule has 0 N–H and O–H groups in total. The van der Waals surface area contributed by atoms with E-state index in [0.717, 1.165) is 35.8 Å². The lowest BCUT2D eigenvalue weighted by Crippen LogP contribution is -2.43. The maximum absolute atomic E-state index is 12.6. The second-order valence-electron chi connectivity index (χ2n) is 6.32. The highest BCUT2D eigenvalue weighted by Gasteiger charge is 2.30. The van der Waals surface area contributed by atoms with Crippen LogP contribution >= 0.6 is 0 Å². The highest BCUT2D eigenvalue weighted by molar-refractivity contribution is 5.78. The highest BCUT2D eigenvalue weighted by atomic mass is 16.5. The molecule has 1 aromatic carbocycles. The summed E-state index contributed by atoms with van der Waals surface area (Å²) in [5.74, 6) is 1.67. The first kappa shape index (κ1) is 17.5. The lowest BCUT2D eigenvalue weighted by molar-refractivity contribution is -0.136. The number of imidazole rings is 1. The maximum atomic E-state index is 12.6. The number of rotatable bonds is 6. The molecular weight excluding hydrogens is 318 g/mol. The topological polar surface area (TPSA) is 56.6 Å². The van der Waals surface area contributed by atoms with E-state index >= 15 is 0 Å². The number of hydrogen-bond acceptors (Lipinski definition) is 4. The Balaban J connectivity index is 1.65. The van der Waals surface area contributed by atoms with E-state index in [4.69, 9.17) is 9.47 Å². The van der Waals surface area contributed by atoms with Crippen molar-refractivity contribution in [1.29, 1.82) is 0 Å². The van der Waals surface area contributed by atoms with Gasteiger partial charge in [0.2, 0.25) is 0 Å². The zero-order valence-corrected chi connectivity index (χ0v) is 15.1. The van der Waals surface area contributed by atoms with Crippen molar-refractivity contribution in [2.24, 2.45) is 0 Å². The minimum atomic E-state index is -0.0574. The highest BCUT2D eigenvalue weighted by Crippen LogP contribution is 2.26. The lowest BCUT2D eigenvalue weighted by Gasteiger charge is -2.34. The molecule has 25 heavy (non-hydrogen) atoms. The van der Waals surface area contributed by atoms with Gasteiger partial charge in [-0.25, -0.2) is 4.98 Å². The van der Waals surface area contributed by atoms with Crippen LogP contribution in [0.3, 0.4) is 0 Å². The number of methoxy groups -OCH3 is 1. The number of carbonyl (C=O) groups excluding carboxylic acids is 1. The van der Waals surface area contributed by atoms with Crippen LogP contribution in [0.1, 0.15) is 30.0 Å². The normalized spacial score (nSPS) is 16.6. The summed E-state index contributed by atoms with van der Waals surface area (Å²) in [4.78, 5) is 19.0. The molecule has 1 aromatic heterocycles. The molecule has 1 aliphatic rings. The summed E-state index contributed by atoms with van der Waals surface area (Å²) in [6.45, 7) is 6.14. The number of amides is 1. The van der Waals surface area contributed by atoms with Gasteiger partial charge in [0.05, 0.1) is 12.6 Å². The van der Waals surface area contributed by atoms with E-state index in [9.17, 15) is 4.79 Å². The summed E-state index contributed by atoms with van der Waals surface area (Å²) in [6.07, 6.45) is 2.73. The third-order valence-corrected chi connectivity index (χ3v) is 4.70. The Morgan fingerprint density at radius 1 is 1.32 bits per heavy atom. The van der Waals surface area contributed by atoms with E-state index in [1.165, 1.54) is 0 Å². The van der Waals surface area contributed by atoms with Gasteiger partial charge in [0.1, 0.15) is 11.6 Å². The standard InChI is InChI=1S/C19H25N3O3/c1-14-6-4-5-7-17(14)25-13-18(23)21-9-10-22-16(8-11-24-3)12-20-19(22)15(21)2/h4-7,12,15H,8-11,13H2,1-3H3/t15-/m1/s1. The van der Waals surface area contributed by atoms with Crippen LogP contribution in [-0.2, 0) is 22.5 Å². The van der Waals surface area contributed by atoms with Gasteiger partial charge in [-0.1, -0.05) is 18.2 Å². The SMILES string of the molecule is COCCc1cnc2n1CCN(C(=O)COc1ccccc1C)[C@@H]2C. The van der Waals surface area contributed by atoms with E-state index in [1.54, 1.807) is 7.11 Å².